The summed E-state index contributed by atoms with van der Waals surface area (Å²) in [4.78, 5) is 30.2. The van der Waals surface area contributed by atoms with Crippen molar-refractivity contribution in [3.63, 3.8) is 0 Å². The Bertz CT molecular complexity index is 793. The summed E-state index contributed by atoms with van der Waals surface area (Å²) in [6, 6.07) is 12.1. The molecule has 0 unspecified atom stereocenters. The first kappa shape index (κ1) is 14.9. The second-order valence-electron chi connectivity index (χ2n) is 5.38. The number of nitriles is 1. The molecule has 0 radical (unpaired) electrons. The SMILES string of the molecule is N#Cc1cccc(C(=O)N2CCN(c3ccc(=O)[nH]c3)CC2)c1. The summed E-state index contributed by atoms with van der Waals surface area (Å²) in [5.41, 5.74) is 1.85. The van der Waals surface area contributed by atoms with Gasteiger partial charge in [0.25, 0.3) is 5.91 Å². The minimum absolute atomic E-state index is 0.0526. The lowest BCUT2D eigenvalue weighted by molar-refractivity contribution is 0.0746. The van der Waals surface area contributed by atoms with Gasteiger partial charge < -0.3 is 14.8 Å². The van der Waals surface area contributed by atoms with Crippen LogP contribution in [0.5, 0.6) is 0 Å². The smallest absolute Gasteiger partial charge is 0.254 e. The fourth-order valence-corrected chi connectivity index (χ4v) is 2.67. The van der Waals surface area contributed by atoms with Crippen LogP contribution in [0, 0.1) is 11.3 Å². The first-order valence-corrected chi connectivity index (χ1v) is 7.40. The molecule has 1 N–H and O–H groups in total. The summed E-state index contributed by atoms with van der Waals surface area (Å²) in [5, 5.41) is 8.93. The number of rotatable bonds is 2. The zero-order valence-corrected chi connectivity index (χ0v) is 12.5. The molecule has 2 aromatic rings. The second kappa shape index (κ2) is 6.36. The first-order valence-electron chi connectivity index (χ1n) is 7.40. The van der Waals surface area contributed by atoms with E-state index >= 15 is 0 Å². The molecule has 6 nitrogen and oxygen atoms in total. The third-order valence-corrected chi connectivity index (χ3v) is 3.94. The highest BCUT2D eigenvalue weighted by Crippen LogP contribution is 2.15. The number of H-pyrrole nitrogens is 1. The Morgan fingerprint density at radius 3 is 2.57 bits per heavy atom. The number of aromatic amines is 1. The Morgan fingerprint density at radius 1 is 1.13 bits per heavy atom. The topological polar surface area (TPSA) is 80.2 Å². The van der Waals surface area contributed by atoms with E-state index in [9.17, 15) is 9.59 Å². The number of piperazine rings is 1. The van der Waals surface area contributed by atoms with Crippen molar-refractivity contribution in [1.29, 1.82) is 5.26 Å². The number of hydrogen-bond donors (Lipinski definition) is 1. The van der Waals surface area contributed by atoms with E-state index in [-0.39, 0.29) is 11.5 Å². The van der Waals surface area contributed by atoms with Gasteiger partial charge in [0, 0.05) is 44.0 Å². The van der Waals surface area contributed by atoms with E-state index in [4.69, 9.17) is 5.26 Å². The van der Waals surface area contributed by atoms with Gasteiger partial charge in [0.15, 0.2) is 0 Å². The van der Waals surface area contributed by atoms with Crippen molar-refractivity contribution < 1.29 is 4.79 Å². The highest BCUT2D eigenvalue weighted by atomic mass is 16.2. The molecule has 1 fully saturated rings. The molecule has 1 aromatic heterocycles. The molecule has 1 aliphatic heterocycles. The number of pyridine rings is 1. The zero-order valence-electron chi connectivity index (χ0n) is 12.5. The van der Waals surface area contributed by atoms with Gasteiger partial charge in [0.1, 0.15) is 0 Å². The van der Waals surface area contributed by atoms with Crippen LogP contribution in [0.25, 0.3) is 0 Å². The summed E-state index contributed by atoms with van der Waals surface area (Å²) in [7, 11) is 0. The number of nitrogens with zero attached hydrogens (tertiary/aromatic N) is 3. The fraction of sp³-hybridized carbons (Fsp3) is 0.235. The Balaban J connectivity index is 1.66. The molecule has 1 saturated heterocycles. The summed E-state index contributed by atoms with van der Waals surface area (Å²) in [6.45, 7) is 2.62. The fourth-order valence-electron chi connectivity index (χ4n) is 2.67. The second-order valence-corrected chi connectivity index (χ2v) is 5.38. The molecular weight excluding hydrogens is 292 g/mol. The van der Waals surface area contributed by atoms with E-state index in [0.29, 0.717) is 37.3 Å². The number of carbonyl (C=O) groups excluding carboxylic acids is 1. The zero-order chi connectivity index (χ0) is 16.2. The van der Waals surface area contributed by atoms with Crippen LogP contribution in [-0.4, -0.2) is 42.0 Å². The van der Waals surface area contributed by atoms with E-state index in [1.165, 1.54) is 6.07 Å². The molecule has 3 rings (SSSR count). The highest BCUT2D eigenvalue weighted by Gasteiger charge is 2.22. The lowest BCUT2D eigenvalue weighted by Gasteiger charge is -2.36. The Hall–Kier alpha value is -3.07. The molecule has 0 bridgehead atoms. The monoisotopic (exact) mass is 308 g/mol. The third kappa shape index (κ3) is 3.24. The van der Waals surface area contributed by atoms with E-state index in [0.717, 1.165) is 5.69 Å². The Labute approximate surface area is 133 Å². The average molecular weight is 308 g/mol. The number of hydrogen-bond acceptors (Lipinski definition) is 4. The maximum absolute atomic E-state index is 12.5. The van der Waals surface area contributed by atoms with E-state index in [2.05, 4.69) is 16.0 Å². The lowest BCUT2D eigenvalue weighted by atomic mass is 10.1. The summed E-state index contributed by atoms with van der Waals surface area (Å²) >= 11 is 0. The summed E-state index contributed by atoms with van der Waals surface area (Å²) < 4.78 is 0. The van der Waals surface area contributed by atoms with Crippen LogP contribution in [0.4, 0.5) is 5.69 Å². The molecule has 23 heavy (non-hydrogen) atoms. The molecule has 0 spiro atoms. The van der Waals surface area contributed by atoms with Crippen molar-refractivity contribution in [2.45, 2.75) is 0 Å². The van der Waals surface area contributed by atoms with Crippen LogP contribution >= 0.6 is 0 Å². The lowest BCUT2D eigenvalue weighted by Crippen LogP contribution is -2.48. The van der Waals surface area contributed by atoms with Crippen LogP contribution in [0.15, 0.2) is 47.4 Å². The van der Waals surface area contributed by atoms with Crippen molar-refractivity contribution in [3.8, 4) is 6.07 Å². The number of aromatic nitrogens is 1. The van der Waals surface area contributed by atoms with Gasteiger partial charge in [-0.05, 0) is 24.3 Å². The van der Waals surface area contributed by atoms with Crippen molar-refractivity contribution in [2.24, 2.45) is 0 Å². The predicted octanol–water partition coefficient (Wildman–Crippen LogP) is 1.21. The van der Waals surface area contributed by atoms with Gasteiger partial charge in [-0.15, -0.1) is 0 Å². The van der Waals surface area contributed by atoms with Gasteiger partial charge >= 0.3 is 0 Å². The van der Waals surface area contributed by atoms with Crippen LogP contribution in [0.3, 0.4) is 0 Å². The van der Waals surface area contributed by atoms with Gasteiger partial charge in [-0.3, -0.25) is 9.59 Å². The van der Waals surface area contributed by atoms with E-state index in [1.54, 1.807) is 41.4 Å². The van der Waals surface area contributed by atoms with Crippen molar-refractivity contribution in [1.82, 2.24) is 9.88 Å². The molecule has 0 aliphatic carbocycles. The Kier molecular flexibility index (Phi) is 4.11. The summed E-state index contributed by atoms with van der Waals surface area (Å²) in [6.07, 6.45) is 1.69. The van der Waals surface area contributed by atoms with E-state index in [1.807, 2.05) is 0 Å². The molecule has 0 atom stereocenters. The maximum atomic E-state index is 12.5. The highest BCUT2D eigenvalue weighted by molar-refractivity contribution is 5.94. The van der Waals surface area contributed by atoms with Crippen LogP contribution in [0.2, 0.25) is 0 Å². The van der Waals surface area contributed by atoms with Crippen LogP contribution in [0.1, 0.15) is 15.9 Å². The van der Waals surface area contributed by atoms with Gasteiger partial charge in [0.2, 0.25) is 5.56 Å². The van der Waals surface area contributed by atoms with Gasteiger partial charge in [-0.1, -0.05) is 6.07 Å². The van der Waals surface area contributed by atoms with Crippen molar-refractivity contribution in [2.75, 3.05) is 31.1 Å². The van der Waals surface area contributed by atoms with Crippen LogP contribution < -0.4 is 10.5 Å². The third-order valence-electron chi connectivity index (χ3n) is 3.94. The summed E-state index contributed by atoms with van der Waals surface area (Å²) in [5.74, 6) is -0.0526. The number of amides is 1. The predicted molar refractivity (Wildman–Crippen MR) is 86.3 cm³/mol. The standard InChI is InChI=1S/C17H16N4O2/c18-11-13-2-1-3-14(10-13)17(23)21-8-6-20(7-9-21)15-4-5-16(22)19-12-15/h1-5,10,12H,6-9H2,(H,19,22). The van der Waals surface area contributed by atoms with Gasteiger partial charge in [-0.2, -0.15) is 5.26 Å². The van der Waals surface area contributed by atoms with Gasteiger partial charge in [-0.25, -0.2) is 0 Å². The molecule has 1 aliphatic rings. The van der Waals surface area contributed by atoms with Crippen LogP contribution in [-0.2, 0) is 0 Å². The first-order chi connectivity index (χ1) is 11.2. The molecule has 116 valence electrons. The number of benzene rings is 1. The quantitative estimate of drug-likeness (QED) is 0.904. The number of anilines is 1. The Morgan fingerprint density at radius 2 is 1.91 bits per heavy atom. The van der Waals surface area contributed by atoms with Crippen molar-refractivity contribution in [3.05, 3.63) is 64.1 Å². The molecule has 0 saturated carbocycles. The number of nitrogens with one attached hydrogen (secondary N) is 1. The molecule has 1 amide bonds. The average Bonchev–Trinajstić information content (AvgIpc) is 2.62. The maximum Gasteiger partial charge on any atom is 0.254 e. The molecule has 1 aromatic carbocycles. The largest absolute Gasteiger partial charge is 0.367 e. The minimum atomic E-state index is -0.125. The molecule has 2 heterocycles. The van der Waals surface area contributed by atoms with E-state index < -0.39 is 0 Å². The van der Waals surface area contributed by atoms with Crippen molar-refractivity contribution >= 4 is 11.6 Å². The van der Waals surface area contributed by atoms with Gasteiger partial charge in [0.05, 0.1) is 17.3 Å². The minimum Gasteiger partial charge on any atom is -0.367 e. The normalized spacial score (nSPS) is 14.4. The molecular formula is C17H16N4O2. The number of carbonyl (C=O) groups is 1. The molecule has 6 heteroatoms.